The van der Waals surface area contributed by atoms with Crippen molar-refractivity contribution >= 4 is 0 Å². The SMILES string of the molecule is N#CCn1[c]ccc1. The molecule has 0 saturated heterocycles. The van der Waals surface area contributed by atoms with E-state index in [-0.39, 0.29) is 0 Å². The molecule has 0 aromatic carbocycles. The molecule has 0 aliphatic rings. The summed E-state index contributed by atoms with van der Waals surface area (Å²) in [6.07, 6.45) is 4.64. The minimum Gasteiger partial charge on any atom is -0.332 e. The van der Waals surface area contributed by atoms with Gasteiger partial charge in [-0.3, -0.25) is 0 Å². The highest BCUT2D eigenvalue weighted by Crippen LogP contribution is 1.85. The molecule has 1 radical (unpaired) electrons. The van der Waals surface area contributed by atoms with Crippen LogP contribution in [0, 0.1) is 17.5 Å². The van der Waals surface area contributed by atoms with Crippen LogP contribution in [0.4, 0.5) is 0 Å². The van der Waals surface area contributed by atoms with Crippen LogP contribution in [0.3, 0.4) is 0 Å². The number of nitrogens with zero attached hydrogens (tertiary/aromatic N) is 2. The summed E-state index contributed by atoms with van der Waals surface area (Å²) in [4.78, 5) is 0. The smallest absolute Gasteiger partial charge is 0.110 e. The zero-order valence-electron chi connectivity index (χ0n) is 4.33. The fourth-order valence-corrected chi connectivity index (χ4v) is 0.503. The predicted molar refractivity (Wildman–Crippen MR) is 28.9 cm³/mol. The largest absolute Gasteiger partial charge is 0.332 e. The summed E-state index contributed by atoms with van der Waals surface area (Å²) in [5.74, 6) is 0. The molecule has 0 spiro atoms. The van der Waals surface area contributed by atoms with E-state index in [4.69, 9.17) is 5.26 Å². The Bertz CT molecular complexity index is 181. The Morgan fingerprint density at radius 3 is 3.12 bits per heavy atom. The van der Waals surface area contributed by atoms with Gasteiger partial charge in [0.15, 0.2) is 0 Å². The zero-order chi connectivity index (χ0) is 5.82. The summed E-state index contributed by atoms with van der Waals surface area (Å²) in [5.41, 5.74) is 0. The van der Waals surface area contributed by atoms with Crippen LogP contribution >= 0.6 is 0 Å². The van der Waals surface area contributed by atoms with E-state index in [0.717, 1.165) is 0 Å². The van der Waals surface area contributed by atoms with Crippen molar-refractivity contribution in [1.29, 1.82) is 5.26 Å². The Labute approximate surface area is 48.0 Å². The second kappa shape index (κ2) is 2.17. The molecule has 1 heterocycles. The summed E-state index contributed by atoms with van der Waals surface area (Å²) >= 11 is 0. The van der Waals surface area contributed by atoms with Crippen molar-refractivity contribution < 1.29 is 0 Å². The van der Waals surface area contributed by atoms with Crippen LogP contribution in [-0.2, 0) is 6.54 Å². The van der Waals surface area contributed by atoms with E-state index >= 15 is 0 Å². The molecule has 8 heavy (non-hydrogen) atoms. The molecule has 0 atom stereocenters. The molecule has 0 N–H and O–H groups in total. The molecule has 1 aromatic heterocycles. The fraction of sp³-hybridized carbons (Fsp3) is 0.167. The molecule has 0 bridgehead atoms. The predicted octanol–water partition coefficient (Wildman–Crippen LogP) is 0.812. The maximum atomic E-state index is 8.15. The third kappa shape index (κ3) is 0.881. The summed E-state index contributed by atoms with van der Waals surface area (Å²) in [6.45, 7) is 0.396. The van der Waals surface area contributed by atoms with Gasteiger partial charge in [-0.25, -0.2) is 0 Å². The Balaban J connectivity index is 2.67. The first kappa shape index (κ1) is 4.92. The van der Waals surface area contributed by atoms with Gasteiger partial charge in [-0.2, -0.15) is 5.26 Å². The summed E-state index contributed by atoms with van der Waals surface area (Å²) in [5, 5.41) is 8.15. The summed E-state index contributed by atoms with van der Waals surface area (Å²) < 4.78 is 1.69. The van der Waals surface area contributed by atoms with Crippen LogP contribution in [0.1, 0.15) is 0 Å². The van der Waals surface area contributed by atoms with Gasteiger partial charge in [0.25, 0.3) is 0 Å². The number of aromatic nitrogens is 1. The molecule has 1 aromatic rings. The lowest BCUT2D eigenvalue weighted by molar-refractivity contribution is 0.834. The van der Waals surface area contributed by atoms with Crippen molar-refractivity contribution in [3.63, 3.8) is 0 Å². The molecule has 39 valence electrons. The highest BCUT2D eigenvalue weighted by Gasteiger charge is 1.81. The fourth-order valence-electron chi connectivity index (χ4n) is 0.503. The molecular weight excluding hydrogens is 100 g/mol. The molecule has 1 rings (SSSR count). The van der Waals surface area contributed by atoms with Crippen LogP contribution < -0.4 is 0 Å². The molecule has 2 nitrogen and oxygen atoms in total. The van der Waals surface area contributed by atoms with E-state index in [9.17, 15) is 0 Å². The second-order valence-electron chi connectivity index (χ2n) is 1.42. The molecule has 0 fully saturated rings. The molecule has 2 heteroatoms. The van der Waals surface area contributed by atoms with Crippen LogP contribution in [-0.4, -0.2) is 4.57 Å². The highest BCUT2D eigenvalue weighted by molar-refractivity contribution is 4.90. The number of hydrogen-bond acceptors (Lipinski definition) is 1. The van der Waals surface area contributed by atoms with Gasteiger partial charge in [-0.05, 0) is 12.1 Å². The molecule has 0 amide bonds. The van der Waals surface area contributed by atoms with E-state index in [1.54, 1.807) is 10.6 Å². The third-order valence-corrected chi connectivity index (χ3v) is 0.844. The molecular formula is C6H5N2. The maximum absolute atomic E-state index is 8.15. The Hall–Kier alpha value is -1.23. The molecule has 0 saturated carbocycles. The lowest BCUT2D eigenvalue weighted by Gasteiger charge is -1.86. The van der Waals surface area contributed by atoms with Crippen molar-refractivity contribution in [2.75, 3.05) is 0 Å². The second-order valence-corrected chi connectivity index (χ2v) is 1.42. The van der Waals surface area contributed by atoms with Crippen molar-refractivity contribution in [2.24, 2.45) is 0 Å². The summed E-state index contributed by atoms with van der Waals surface area (Å²) in [7, 11) is 0. The zero-order valence-corrected chi connectivity index (χ0v) is 4.33. The van der Waals surface area contributed by atoms with Crippen molar-refractivity contribution in [3.8, 4) is 6.07 Å². The topological polar surface area (TPSA) is 28.7 Å². The Kier molecular flexibility index (Phi) is 1.34. The van der Waals surface area contributed by atoms with Gasteiger partial charge in [0.05, 0.1) is 12.3 Å². The van der Waals surface area contributed by atoms with Crippen molar-refractivity contribution in [1.82, 2.24) is 4.57 Å². The van der Waals surface area contributed by atoms with Crippen LogP contribution in [0.5, 0.6) is 0 Å². The number of rotatable bonds is 1. The molecule has 0 unspecified atom stereocenters. The van der Waals surface area contributed by atoms with E-state index < -0.39 is 0 Å². The van der Waals surface area contributed by atoms with Gasteiger partial charge in [-0.15, -0.1) is 0 Å². The summed E-state index contributed by atoms with van der Waals surface area (Å²) in [6, 6.07) is 5.62. The Morgan fingerprint density at radius 1 is 1.75 bits per heavy atom. The Morgan fingerprint density at radius 2 is 2.62 bits per heavy atom. The lowest BCUT2D eigenvalue weighted by atomic mass is 10.7. The third-order valence-electron chi connectivity index (χ3n) is 0.844. The van der Waals surface area contributed by atoms with Gasteiger partial charge in [0.1, 0.15) is 6.54 Å². The minimum absolute atomic E-state index is 0.396. The highest BCUT2D eigenvalue weighted by atomic mass is 14.9. The van der Waals surface area contributed by atoms with Gasteiger partial charge in [-0.1, -0.05) is 0 Å². The van der Waals surface area contributed by atoms with Gasteiger partial charge in [0, 0.05) is 6.20 Å². The standard InChI is InChI=1S/C6H5N2/c7-3-6-8-4-1-2-5-8/h1-2,4H,6H2. The van der Waals surface area contributed by atoms with E-state index in [2.05, 4.69) is 6.20 Å². The molecule has 0 aliphatic heterocycles. The first-order valence-corrected chi connectivity index (χ1v) is 2.33. The maximum Gasteiger partial charge on any atom is 0.110 e. The molecule has 0 aliphatic carbocycles. The lowest BCUT2D eigenvalue weighted by Crippen LogP contribution is -1.88. The van der Waals surface area contributed by atoms with Gasteiger partial charge >= 0.3 is 0 Å². The van der Waals surface area contributed by atoms with Crippen LogP contribution in [0.2, 0.25) is 0 Å². The minimum atomic E-state index is 0.396. The number of hydrogen-bond donors (Lipinski definition) is 0. The van der Waals surface area contributed by atoms with Crippen LogP contribution in [0.25, 0.3) is 0 Å². The average molecular weight is 105 g/mol. The van der Waals surface area contributed by atoms with Gasteiger partial charge in [0.2, 0.25) is 0 Å². The normalized spacial score (nSPS) is 8.38. The monoisotopic (exact) mass is 105 g/mol. The number of nitriles is 1. The first-order valence-electron chi connectivity index (χ1n) is 2.33. The van der Waals surface area contributed by atoms with E-state index in [0.29, 0.717) is 6.54 Å². The quantitative estimate of drug-likeness (QED) is 0.519. The van der Waals surface area contributed by atoms with E-state index in [1.165, 1.54) is 0 Å². The van der Waals surface area contributed by atoms with E-state index in [1.807, 2.05) is 18.3 Å². The van der Waals surface area contributed by atoms with Gasteiger partial charge < -0.3 is 4.57 Å². The van der Waals surface area contributed by atoms with Crippen molar-refractivity contribution in [2.45, 2.75) is 6.54 Å². The van der Waals surface area contributed by atoms with Crippen LogP contribution in [0.15, 0.2) is 18.3 Å². The average Bonchev–Trinajstić information content (AvgIpc) is 2.19. The van der Waals surface area contributed by atoms with Crippen molar-refractivity contribution in [3.05, 3.63) is 24.5 Å². The first-order chi connectivity index (χ1) is 3.93.